The highest BCUT2D eigenvalue weighted by Crippen LogP contribution is 2.22. The lowest BCUT2D eigenvalue weighted by Crippen LogP contribution is -2.31. The number of anilines is 2. The van der Waals surface area contributed by atoms with Crippen LogP contribution in [0.1, 0.15) is 23.7 Å². The molecule has 2 aromatic rings. The molecule has 0 spiro atoms. The molecule has 0 heterocycles. The van der Waals surface area contributed by atoms with Gasteiger partial charge in [0.05, 0.1) is 0 Å². The zero-order chi connectivity index (χ0) is 15.4. The average Bonchev–Trinajstić information content (AvgIpc) is 2.44. The van der Waals surface area contributed by atoms with Crippen molar-refractivity contribution < 1.29 is 9.18 Å². The van der Waals surface area contributed by atoms with E-state index in [0.717, 1.165) is 12.1 Å². The zero-order valence-corrected chi connectivity index (χ0v) is 13.2. The third kappa shape index (κ3) is 3.82. The molecule has 2 aromatic carbocycles. The van der Waals surface area contributed by atoms with Gasteiger partial charge in [0.25, 0.3) is 5.91 Å². The highest BCUT2D eigenvalue weighted by Gasteiger charge is 2.18. The van der Waals surface area contributed by atoms with Gasteiger partial charge in [-0.15, -0.1) is 0 Å². The fourth-order valence-electron chi connectivity index (χ4n) is 2.06. The highest BCUT2D eigenvalue weighted by atomic mass is 79.9. The van der Waals surface area contributed by atoms with Crippen molar-refractivity contribution in [3.05, 3.63) is 58.3 Å². The van der Waals surface area contributed by atoms with Crippen molar-refractivity contribution in [3.8, 4) is 0 Å². The second kappa shape index (κ2) is 6.72. The van der Waals surface area contributed by atoms with Gasteiger partial charge >= 0.3 is 0 Å². The van der Waals surface area contributed by atoms with Crippen molar-refractivity contribution in [1.82, 2.24) is 0 Å². The summed E-state index contributed by atoms with van der Waals surface area (Å²) >= 11 is 3.21. The number of nitrogen functional groups attached to an aromatic ring is 1. The van der Waals surface area contributed by atoms with Crippen molar-refractivity contribution in [2.75, 3.05) is 17.2 Å². The van der Waals surface area contributed by atoms with E-state index in [2.05, 4.69) is 15.9 Å². The summed E-state index contributed by atoms with van der Waals surface area (Å²) < 4.78 is 14.0. The Labute approximate surface area is 131 Å². The number of carbonyl (C=O) groups excluding carboxylic acids is 1. The van der Waals surface area contributed by atoms with Gasteiger partial charge in [-0.05, 0) is 48.9 Å². The molecular weight excluding hydrogens is 335 g/mol. The largest absolute Gasteiger partial charge is 0.399 e. The Morgan fingerprint density at radius 3 is 2.48 bits per heavy atom. The molecule has 110 valence electrons. The molecule has 0 atom stereocenters. The van der Waals surface area contributed by atoms with Crippen molar-refractivity contribution in [2.24, 2.45) is 0 Å². The first-order valence-corrected chi connectivity index (χ1v) is 7.44. The molecule has 0 unspecified atom stereocenters. The maximum absolute atomic E-state index is 13.5. The maximum Gasteiger partial charge on any atom is 0.258 e. The molecule has 2 N–H and O–H groups in total. The standard InChI is InChI=1S/C16H16BrFN2O/c1-2-7-20(15-5-3-14(19)4-6-15)16(21)11-8-12(17)10-13(18)9-11/h3-6,8-10H,2,7,19H2,1H3. The van der Waals surface area contributed by atoms with Gasteiger partial charge in [-0.25, -0.2) is 4.39 Å². The molecule has 0 fully saturated rings. The minimum atomic E-state index is -0.443. The van der Waals surface area contributed by atoms with Crippen molar-refractivity contribution >= 4 is 33.2 Å². The molecule has 0 saturated carbocycles. The van der Waals surface area contributed by atoms with Crippen molar-refractivity contribution in [3.63, 3.8) is 0 Å². The Morgan fingerprint density at radius 1 is 1.24 bits per heavy atom. The Balaban J connectivity index is 2.37. The van der Waals surface area contributed by atoms with Gasteiger partial charge < -0.3 is 10.6 Å². The van der Waals surface area contributed by atoms with Gasteiger partial charge in [0.2, 0.25) is 0 Å². The molecule has 0 aromatic heterocycles. The fourth-order valence-corrected chi connectivity index (χ4v) is 2.52. The molecule has 3 nitrogen and oxygen atoms in total. The second-order valence-corrected chi connectivity index (χ2v) is 5.62. The van der Waals surface area contributed by atoms with Crippen LogP contribution in [0.5, 0.6) is 0 Å². The van der Waals surface area contributed by atoms with Crippen LogP contribution in [0.2, 0.25) is 0 Å². The fraction of sp³-hybridized carbons (Fsp3) is 0.188. The average molecular weight is 351 g/mol. The normalized spacial score (nSPS) is 10.4. The molecule has 0 bridgehead atoms. The first kappa shape index (κ1) is 15.5. The van der Waals surface area contributed by atoms with Crippen LogP contribution in [-0.4, -0.2) is 12.5 Å². The number of carbonyl (C=O) groups is 1. The molecule has 0 aliphatic heterocycles. The van der Waals surface area contributed by atoms with Gasteiger partial charge in [-0.3, -0.25) is 4.79 Å². The van der Waals surface area contributed by atoms with Crippen LogP contribution >= 0.6 is 15.9 Å². The summed E-state index contributed by atoms with van der Waals surface area (Å²) in [5.74, 6) is -0.677. The molecular formula is C16H16BrFN2O. The third-order valence-corrected chi connectivity index (χ3v) is 3.46. The lowest BCUT2D eigenvalue weighted by Gasteiger charge is -2.22. The summed E-state index contributed by atoms with van der Waals surface area (Å²) in [6, 6.07) is 11.2. The van der Waals surface area contributed by atoms with Gasteiger partial charge in [-0.1, -0.05) is 22.9 Å². The smallest absolute Gasteiger partial charge is 0.258 e. The first-order valence-electron chi connectivity index (χ1n) is 6.64. The number of rotatable bonds is 4. The molecule has 5 heteroatoms. The van der Waals surface area contributed by atoms with Crippen LogP contribution in [-0.2, 0) is 0 Å². The second-order valence-electron chi connectivity index (χ2n) is 4.71. The van der Waals surface area contributed by atoms with E-state index in [-0.39, 0.29) is 5.91 Å². The van der Waals surface area contributed by atoms with E-state index < -0.39 is 5.82 Å². The number of hydrogen-bond donors (Lipinski definition) is 1. The van der Waals surface area contributed by atoms with E-state index in [4.69, 9.17) is 5.73 Å². The minimum absolute atomic E-state index is 0.234. The van der Waals surface area contributed by atoms with Gasteiger partial charge in [0.1, 0.15) is 5.82 Å². The van der Waals surface area contributed by atoms with Crippen LogP contribution < -0.4 is 10.6 Å². The number of hydrogen-bond acceptors (Lipinski definition) is 2. The molecule has 0 saturated heterocycles. The first-order chi connectivity index (χ1) is 10.0. The molecule has 0 radical (unpaired) electrons. The van der Waals surface area contributed by atoms with Crippen LogP contribution in [0.3, 0.4) is 0 Å². The zero-order valence-electron chi connectivity index (χ0n) is 11.6. The summed E-state index contributed by atoms with van der Waals surface area (Å²) in [5, 5.41) is 0. The number of nitrogens with two attached hydrogens (primary N) is 1. The molecule has 2 rings (SSSR count). The van der Waals surface area contributed by atoms with Gasteiger partial charge in [-0.2, -0.15) is 0 Å². The Kier molecular flexibility index (Phi) is 4.96. The summed E-state index contributed by atoms with van der Waals surface area (Å²) in [7, 11) is 0. The maximum atomic E-state index is 13.5. The monoisotopic (exact) mass is 350 g/mol. The minimum Gasteiger partial charge on any atom is -0.399 e. The molecule has 1 amide bonds. The van der Waals surface area contributed by atoms with Crippen LogP contribution in [0.15, 0.2) is 46.9 Å². The van der Waals surface area contributed by atoms with E-state index in [0.29, 0.717) is 22.3 Å². The van der Waals surface area contributed by atoms with E-state index in [1.54, 1.807) is 35.2 Å². The van der Waals surface area contributed by atoms with Gasteiger partial charge in [0, 0.05) is 28.0 Å². The number of halogens is 2. The van der Waals surface area contributed by atoms with E-state index in [1.807, 2.05) is 6.92 Å². The van der Waals surface area contributed by atoms with Crippen molar-refractivity contribution in [2.45, 2.75) is 13.3 Å². The third-order valence-electron chi connectivity index (χ3n) is 3.01. The van der Waals surface area contributed by atoms with Crippen LogP contribution in [0, 0.1) is 5.82 Å². The predicted octanol–water partition coefficient (Wildman–Crippen LogP) is 4.23. The van der Waals surface area contributed by atoms with E-state index in [9.17, 15) is 9.18 Å². The predicted molar refractivity (Wildman–Crippen MR) is 86.9 cm³/mol. The van der Waals surface area contributed by atoms with E-state index in [1.165, 1.54) is 12.1 Å². The summed E-state index contributed by atoms with van der Waals surface area (Å²) in [5.41, 5.74) is 7.36. The molecule has 21 heavy (non-hydrogen) atoms. The van der Waals surface area contributed by atoms with Gasteiger partial charge in [0.15, 0.2) is 0 Å². The quantitative estimate of drug-likeness (QED) is 0.838. The van der Waals surface area contributed by atoms with Crippen LogP contribution in [0.4, 0.5) is 15.8 Å². The molecule has 0 aliphatic rings. The van der Waals surface area contributed by atoms with Crippen molar-refractivity contribution in [1.29, 1.82) is 0 Å². The summed E-state index contributed by atoms with van der Waals surface area (Å²) in [6.45, 7) is 2.54. The van der Waals surface area contributed by atoms with E-state index >= 15 is 0 Å². The summed E-state index contributed by atoms with van der Waals surface area (Å²) in [6.07, 6.45) is 0.798. The molecule has 0 aliphatic carbocycles. The number of amides is 1. The highest BCUT2D eigenvalue weighted by molar-refractivity contribution is 9.10. The lowest BCUT2D eigenvalue weighted by molar-refractivity contribution is 0.0986. The SMILES string of the molecule is CCCN(C(=O)c1cc(F)cc(Br)c1)c1ccc(N)cc1. The van der Waals surface area contributed by atoms with Crippen LogP contribution in [0.25, 0.3) is 0 Å². The number of benzene rings is 2. The topological polar surface area (TPSA) is 46.3 Å². The Bertz CT molecular complexity index is 623. The lowest BCUT2D eigenvalue weighted by atomic mass is 10.1. The Hall–Kier alpha value is -1.88. The summed E-state index contributed by atoms with van der Waals surface area (Å²) in [4.78, 5) is 14.3. The number of nitrogens with zero attached hydrogens (tertiary/aromatic N) is 1. The Morgan fingerprint density at radius 2 is 1.90 bits per heavy atom.